The molecule has 0 saturated carbocycles. The van der Waals surface area contributed by atoms with E-state index in [0.717, 1.165) is 38.0 Å². The van der Waals surface area contributed by atoms with Crippen molar-refractivity contribution in [2.24, 2.45) is 0 Å². The molecule has 1 aliphatic heterocycles. The number of nitrogen functional groups attached to an aromatic ring is 1. The van der Waals surface area contributed by atoms with Crippen LogP contribution >= 0.6 is 24.2 Å². The van der Waals surface area contributed by atoms with E-state index in [2.05, 4.69) is 16.8 Å². The monoisotopic (exact) mass is 271 g/mol. The first-order valence-electron chi connectivity index (χ1n) is 5.87. The molecule has 2 rings (SSSR count). The lowest BCUT2D eigenvalue weighted by molar-refractivity contribution is 0.578. The lowest BCUT2D eigenvalue weighted by Gasteiger charge is -2.24. The van der Waals surface area contributed by atoms with E-state index in [1.54, 1.807) is 0 Å². The van der Waals surface area contributed by atoms with Crippen molar-refractivity contribution in [3.8, 4) is 0 Å². The predicted molar refractivity (Wildman–Crippen MR) is 77.1 cm³/mol. The number of anilines is 2. The van der Waals surface area contributed by atoms with Gasteiger partial charge in [0.25, 0.3) is 0 Å². The quantitative estimate of drug-likeness (QED) is 0.610. The van der Waals surface area contributed by atoms with Crippen molar-refractivity contribution in [2.75, 3.05) is 23.7 Å². The number of pyridine rings is 1. The summed E-state index contributed by atoms with van der Waals surface area (Å²) < 4.78 is 0.136. The highest BCUT2D eigenvalue weighted by Crippen LogP contribution is 2.31. The number of halogens is 1. The van der Waals surface area contributed by atoms with E-state index in [9.17, 15) is 0 Å². The molecule has 1 atom stereocenters. The highest BCUT2D eigenvalue weighted by atomic mass is 35.5. The van der Waals surface area contributed by atoms with Gasteiger partial charge < -0.3 is 10.6 Å². The van der Waals surface area contributed by atoms with Crippen LogP contribution in [0.3, 0.4) is 0 Å². The van der Waals surface area contributed by atoms with Gasteiger partial charge in [-0.1, -0.05) is 18.5 Å². The molecule has 0 radical (unpaired) electrons. The summed E-state index contributed by atoms with van der Waals surface area (Å²) in [6.45, 7) is 4.21. The average molecular weight is 272 g/mol. The summed E-state index contributed by atoms with van der Waals surface area (Å²) >= 11 is 10.6. The molecule has 0 aliphatic carbocycles. The second-order valence-corrected chi connectivity index (χ2v) is 6.38. The summed E-state index contributed by atoms with van der Waals surface area (Å²) in [4.78, 5) is 6.29. The Kier molecular flexibility index (Phi) is 3.73. The molecule has 0 amide bonds. The lowest BCUT2D eigenvalue weighted by atomic mass is 10.0. The molecule has 0 spiro atoms. The fourth-order valence-corrected chi connectivity index (χ4v) is 2.67. The topological polar surface area (TPSA) is 42.1 Å². The summed E-state index contributed by atoms with van der Waals surface area (Å²) in [7, 11) is 0. The summed E-state index contributed by atoms with van der Waals surface area (Å²) in [5.41, 5.74) is 6.78. The van der Waals surface area contributed by atoms with Crippen LogP contribution in [-0.2, 0) is 0 Å². The van der Waals surface area contributed by atoms with Crippen molar-refractivity contribution in [2.45, 2.75) is 30.9 Å². The molecule has 5 heteroatoms. The first kappa shape index (κ1) is 12.8. The van der Waals surface area contributed by atoms with Gasteiger partial charge in [-0.3, -0.25) is 0 Å². The number of nitrogens with two attached hydrogens (primary N) is 1. The second-order valence-electron chi connectivity index (χ2n) is 4.91. The molecule has 2 heterocycles. The van der Waals surface area contributed by atoms with Crippen LogP contribution in [0.1, 0.15) is 26.2 Å². The van der Waals surface area contributed by atoms with Crippen LogP contribution in [0.4, 0.5) is 11.5 Å². The van der Waals surface area contributed by atoms with E-state index in [0.29, 0.717) is 11.0 Å². The number of rotatable bonds is 1. The van der Waals surface area contributed by atoms with E-state index >= 15 is 0 Å². The molecule has 1 aromatic heterocycles. The molecule has 94 valence electrons. The van der Waals surface area contributed by atoms with Crippen LogP contribution in [0.15, 0.2) is 12.1 Å². The van der Waals surface area contributed by atoms with Crippen LogP contribution in [0.25, 0.3) is 0 Å². The summed E-state index contributed by atoms with van der Waals surface area (Å²) in [6.07, 6.45) is 3.34. The highest BCUT2D eigenvalue weighted by molar-refractivity contribution is 7.81. The standard InChI is InChI=1S/C12H18ClN3S/c1-12(17)3-2-5-16(6-4-12)9-7-10(13)15-11(14)8-9/h7-8,17H,2-6H2,1H3,(H2,14,15). The third-order valence-electron chi connectivity index (χ3n) is 3.23. The molecule has 0 aromatic carbocycles. The molecular weight excluding hydrogens is 254 g/mol. The number of nitrogens with zero attached hydrogens (tertiary/aromatic N) is 2. The molecule has 2 N–H and O–H groups in total. The van der Waals surface area contributed by atoms with Gasteiger partial charge in [-0.2, -0.15) is 12.6 Å². The highest BCUT2D eigenvalue weighted by Gasteiger charge is 2.24. The van der Waals surface area contributed by atoms with E-state index in [1.165, 1.54) is 0 Å². The first-order valence-corrected chi connectivity index (χ1v) is 6.69. The maximum Gasteiger partial charge on any atom is 0.133 e. The predicted octanol–water partition coefficient (Wildman–Crippen LogP) is 3.00. The van der Waals surface area contributed by atoms with Crippen molar-refractivity contribution in [1.82, 2.24) is 4.98 Å². The lowest BCUT2D eigenvalue weighted by Crippen LogP contribution is -2.26. The van der Waals surface area contributed by atoms with Crippen molar-refractivity contribution < 1.29 is 0 Å². The molecule has 0 bridgehead atoms. The zero-order valence-corrected chi connectivity index (χ0v) is 11.6. The Balaban J connectivity index is 2.17. The minimum atomic E-state index is 0.136. The first-order chi connectivity index (χ1) is 7.96. The Morgan fingerprint density at radius 3 is 2.88 bits per heavy atom. The number of aromatic nitrogens is 1. The molecular formula is C12H18ClN3S. The van der Waals surface area contributed by atoms with Crippen molar-refractivity contribution >= 4 is 35.7 Å². The minimum Gasteiger partial charge on any atom is -0.384 e. The van der Waals surface area contributed by atoms with Gasteiger partial charge in [0.05, 0.1) is 0 Å². The molecule has 1 unspecified atom stereocenters. The van der Waals surface area contributed by atoms with Crippen molar-refractivity contribution in [1.29, 1.82) is 0 Å². The second kappa shape index (κ2) is 4.94. The van der Waals surface area contributed by atoms with Gasteiger partial charge >= 0.3 is 0 Å². The largest absolute Gasteiger partial charge is 0.384 e. The normalized spacial score (nSPS) is 25.7. The number of hydrogen-bond acceptors (Lipinski definition) is 4. The fraction of sp³-hybridized carbons (Fsp3) is 0.583. The van der Waals surface area contributed by atoms with E-state index in [-0.39, 0.29) is 4.75 Å². The SMILES string of the molecule is CC1(S)CCCN(c2cc(N)nc(Cl)c2)CC1. The van der Waals surface area contributed by atoms with Crippen LogP contribution < -0.4 is 10.6 Å². The zero-order valence-electron chi connectivity index (χ0n) is 9.99. The molecule has 3 nitrogen and oxygen atoms in total. The van der Waals surface area contributed by atoms with Gasteiger partial charge in [-0.05, 0) is 25.3 Å². The van der Waals surface area contributed by atoms with Gasteiger partial charge in [0.15, 0.2) is 0 Å². The molecule has 1 saturated heterocycles. The summed E-state index contributed by atoms with van der Waals surface area (Å²) in [5, 5.41) is 0.456. The smallest absolute Gasteiger partial charge is 0.133 e. The van der Waals surface area contributed by atoms with Gasteiger partial charge in [0.1, 0.15) is 11.0 Å². The molecule has 1 aromatic rings. The van der Waals surface area contributed by atoms with Gasteiger partial charge in [-0.15, -0.1) is 0 Å². The fourth-order valence-electron chi connectivity index (χ4n) is 2.21. The third kappa shape index (κ3) is 3.42. The average Bonchev–Trinajstić information content (AvgIpc) is 2.38. The van der Waals surface area contributed by atoms with Crippen molar-refractivity contribution in [3.05, 3.63) is 17.3 Å². The van der Waals surface area contributed by atoms with Crippen LogP contribution in [0.5, 0.6) is 0 Å². The minimum absolute atomic E-state index is 0.136. The van der Waals surface area contributed by atoms with Crippen LogP contribution in [0.2, 0.25) is 5.15 Å². The maximum atomic E-state index is 5.93. The van der Waals surface area contributed by atoms with Gasteiger partial charge in [-0.25, -0.2) is 4.98 Å². The number of thiol groups is 1. The molecule has 1 fully saturated rings. The number of hydrogen-bond donors (Lipinski definition) is 2. The maximum absolute atomic E-state index is 5.93. The Bertz CT molecular complexity index is 388. The Morgan fingerprint density at radius 2 is 2.18 bits per heavy atom. The van der Waals surface area contributed by atoms with Gasteiger partial charge in [0.2, 0.25) is 0 Å². The van der Waals surface area contributed by atoms with E-state index < -0.39 is 0 Å². The summed E-state index contributed by atoms with van der Waals surface area (Å²) in [6, 6.07) is 3.76. The Morgan fingerprint density at radius 1 is 1.41 bits per heavy atom. The third-order valence-corrected chi connectivity index (χ3v) is 3.87. The van der Waals surface area contributed by atoms with Gasteiger partial charge in [0, 0.05) is 29.6 Å². The van der Waals surface area contributed by atoms with Crippen molar-refractivity contribution in [3.63, 3.8) is 0 Å². The van der Waals surface area contributed by atoms with E-state index in [1.807, 2.05) is 12.1 Å². The Labute approximate surface area is 113 Å². The van der Waals surface area contributed by atoms with E-state index in [4.69, 9.17) is 30.0 Å². The zero-order chi connectivity index (χ0) is 12.5. The van der Waals surface area contributed by atoms with Crippen LogP contribution in [-0.4, -0.2) is 22.8 Å². The van der Waals surface area contributed by atoms with Crippen LogP contribution in [0, 0.1) is 0 Å². The molecule has 17 heavy (non-hydrogen) atoms. The summed E-state index contributed by atoms with van der Waals surface area (Å²) in [5.74, 6) is 0.477. The Hall–Kier alpha value is -0.610. The molecule has 1 aliphatic rings.